The van der Waals surface area contributed by atoms with Gasteiger partial charge in [0.05, 0.1) is 35.2 Å². The van der Waals surface area contributed by atoms with Crippen LogP contribution >= 0.6 is 0 Å². The third kappa shape index (κ3) is 2.81. The van der Waals surface area contributed by atoms with Gasteiger partial charge in [0.25, 0.3) is 0 Å². The third-order valence-corrected chi connectivity index (χ3v) is 6.93. The zero-order valence-corrected chi connectivity index (χ0v) is 11.2. The van der Waals surface area contributed by atoms with E-state index in [4.69, 9.17) is 0 Å². The van der Waals surface area contributed by atoms with Crippen molar-refractivity contribution in [2.45, 2.75) is 25.1 Å². The van der Waals surface area contributed by atoms with Crippen LogP contribution in [0.4, 0.5) is 0 Å². The van der Waals surface area contributed by atoms with Crippen LogP contribution < -0.4 is 0 Å². The monoisotopic (exact) mass is 283 g/mol. The van der Waals surface area contributed by atoms with Crippen LogP contribution in [-0.2, 0) is 19.7 Å². The highest BCUT2D eigenvalue weighted by molar-refractivity contribution is 7.92. The van der Waals surface area contributed by atoms with E-state index in [9.17, 15) is 21.9 Å². The lowest BCUT2D eigenvalue weighted by Gasteiger charge is -2.38. The standard InChI is InChI=1S/C9H17NO5S2/c1-7-4-16(12,13)3-2-10(7)8-5-17(14,15)6-9(8)11/h7-9,11H,2-6H2,1H3. The highest BCUT2D eigenvalue weighted by Crippen LogP contribution is 2.23. The molecule has 0 aliphatic carbocycles. The van der Waals surface area contributed by atoms with Gasteiger partial charge in [-0.3, -0.25) is 4.90 Å². The predicted octanol–water partition coefficient (Wildman–Crippen LogP) is -1.74. The summed E-state index contributed by atoms with van der Waals surface area (Å²) in [6, 6.07) is -0.688. The minimum absolute atomic E-state index is 0.0380. The van der Waals surface area contributed by atoms with Crippen molar-refractivity contribution in [2.24, 2.45) is 0 Å². The summed E-state index contributed by atoms with van der Waals surface area (Å²) in [6.45, 7) is 2.06. The second-order valence-corrected chi connectivity index (χ2v) is 9.30. The summed E-state index contributed by atoms with van der Waals surface area (Å²) in [5.74, 6) is -0.205. The summed E-state index contributed by atoms with van der Waals surface area (Å²) < 4.78 is 45.7. The topological polar surface area (TPSA) is 91.8 Å². The molecule has 0 radical (unpaired) electrons. The van der Waals surface area contributed by atoms with Gasteiger partial charge < -0.3 is 5.11 Å². The molecule has 2 fully saturated rings. The molecule has 8 heteroatoms. The maximum absolute atomic E-state index is 11.4. The minimum Gasteiger partial charge on any atom is -0.390 e. The van der Waals surface area contributed by atoms with E-state index in [-0.39, 0.29) is 29.1 Å². The maximum atomic E-state index is 11.4. The Morgan fingerprint density at radius 2 is 1.71 bits per heavy atom. The minimum atomic E-state index is -3.19. The van der Waals surface area contributed by atoms with E-state index in [1.165, 1.54) is 0 Å². The van der Waals surface area contributed by atoms with Crippen molar-refractivity contribution in [1.82, 2.24) is 4.90 Å². The van der Waals surface area contributed by atoms with Crippen molar-refractivity contribution in [3.63, 3.8) is 0 Å². The van der Waals surface area contributed by atoms with Crippen molar-refractivity contribution in [1.29, 1.82) is 0 Å². The first kappa shape index (κ1) is 13.3. The van der Waals surface area contributed by atoms with Crippen molar-refractivity contribution in [2.75, 3.05) is 29.6 Å². The number of sulfone groups is 2. The molecule has 3 atom stereocenters. The molecular weight excluding hydrogens is 266 g/mol. The van der Waals surface area contributed by atoms with Crippen molar-refractivity contribution < 1.29 is 21.9 Å². The molecule has 6 nitrogen and oxygen atoms in total. The van der Waals surface area contributed by atoms with Crippen LogP contribution in [0.5, 0.6) is 0 Å². The molecular formula is C9H17NO5S2. The number of nitrogens with zero attached hydrogens (tertiary/aromatic N) is 1. The molecule has 2 rings (SSSR count). The molecule has 0 saturated carbocycles. The number of aliphatic hydroxyl groups is 1. The molecule has 2 aliphatic heterocycles. The van der Waals surface area contributed by atoms with Gasteiger partial charge in [-0.1, -0.05) is 0 Å². The number of hydrogen-bond acceptors (Lipinski definition) is 6. The fourth-order valence-electron chi connectivity index (χ4n) is 2.63. The SMILES string of the molecule is CC1CS(=O)(=O)CCN1C1CS(=O)(=O)CC1O. The quantitative estimate of drug-likeness (QED) is 0.614. The molecule has 2 heterocycles. The zero-order chi connectivity index (χ0) is 12.8. The Morgan fingerprint density at radius 1 is 1.06 bits per heavy atom. The normalized spacial score (nSPS) is 41.4. The van der Waals surface area contributed by atoms with Crippen LogP contribution in [0, 0.1) is 0 Å². The second-order valence-electron chi connectivity index (χ2n) is 4.91. The summed E-state index contributed by atoms with van der Waals surface area (Å²) in [5, 5.41) is 9.75. The first-order valence-corrected chi connectivity index (χ1v) is 9.19. The molecule has 0 amide bonds. The molecule has 2 aliphatic rings. The molecule has 1 N–H and O–H groups in total. The van der Waals surface area contributed by atoms with Gasteiger partial charge in [0.15, 0.2) is 19.7 Å². The van der Waals surface area contributed by atoms with Gasteiger partial charge in [-0.05, 0) is 6.92 Å². The van der Waals surface area contributed by atoms with Gasteiger partial charge in [0, 0.05) is 12.6 Å². The summed E-state index contributed by atoms with van der Waals surface area (Å²) in [6.07, 6.45) is -0.900. The Hall–Kier alpha value is -0.180. The van der Waals surface area contributed by atoms with Crippen LogP contribution in [0.1, 0.15) is 6.92 Å². The third-order valence-electron chi connectivity index (χ3n) is 3.44. The summed E-state index contributed by atoms with van der Waals surface area (Å²) in [4.78, 5) is 1.82. The second kappa shape index (κ2) is 4.18. The Morgan fingerprint density at radius 3 is 2.18 bits per heavy atom. The van der Waals surface area contributed by atoms with E-state index in [1.807, 2.05) is 4.90 Å². The fourth-order valence-corrected chi connectivity index (χ4v) is 6.03. The van der Waals surface area contributed by atoms with E-state index in [0.717, 1.165) is 0 Å². The van der Waals surface area contributed by atoms with E-state index in [2.05, 4.69) is 0 Å². The molecule has 0 aromatic carbocycles. The maximum Gasteiger partial charge on any atom is 0.154 e. The van der Waals surface area contributed by atoms with Gasteiger partial charge in [0.1, 0.15) is 0 Å². The molecule has 0 bridgehead atoms. The molecule has 0 spiro atoms. The lowest BCUT2D eigenvalue weighted by Crippen LogP contribution is -2.55. The molecule has 17 heavy (non-hydrogen) atoms. The summed E-state index contributed by atoms with van der Waals surface area (Å²) in [5.41, 5.74) is 0. The molecule has 2 saturated heterocycles. The van der Waals surface area contributed by atoms with Gasteiger partial charge in [-0.25, -0.2) is 16.8 Å². The number of aliphatic hydroxyl groups excluding tert-OH is 1. The summed E-state index contributed by atoms with van der Waals surface area (Å²) >= 11 is 0. The first-order valence-electron chi connectivity index (χ1n) is 5.55. The van der Waals surface area contributed by atoms with Crippen LogP contribution in [0.25, 0.3) is 0 Å². The van der Waals surface area contributed by atoms with Gasteiger partial charge >= 0.3 is 0 Å². The first-order chi connectivity index (χ1) is 7.70. The molecule has 0 aromatic rings. The van der Waals surface area contributed by atoms with Gasteiger partial charge in [-0.15, -0.1) is 0 Å². The Kier molecular flexibility index (Phi) is 3.26. The van der Waals surface area contributed by atoms with Crippen molar-refractivity contribution in [3.8, 4) is 0 Å². The average molecular weight is 283 g/mol. The fraction of sp³-hybridized carbons (Fsp3) is 1.00. The Labute approximate surface area is 101 Å². The van der Waals surface area contributed by atoms with Gasteiger partial charge in [0.2, 0.25) is 0 Å². The van der Waals surface area contributed by atoms with Crippen LogP contribution in [0.3, 0.4) is 0 Å². The van der Waals surface area contributed by atoms with Crippen molar-refractivity contribution >= 4 is 19.7 Å². The highest BCUT2D eigenvalue weighted by Gasteiger charge is 2.43. The molecule has 3 unspecified atom stereocenters. The zero-order valence-electron chi connectivity index (χ0n) is 9.61. The van der Waals surface area contributed by atoms with E-state index >= 15 is 0 Å². The summed E-state index contributed by atoms with van der Waals surface area (Å²) in [7, 11) is -6.20. The lowest BCUT2D eigenvalue weighted by atomic mass is 10.1. The van der Waals surface area contributed by atoms with E-state index < -0.39 is 31.8 Å². The Bertz CT molecular complexity index is 497. The number of rotatable bonds is 1. The predicted molar refractivity (Wildman–Crippen MR) is 63.3 cm³/mol. The largest absolute Gasteiger partial charge is 0.390 e. The Balaban J connectivity index is 2.15. The lowest BCUT2D eigenvalue weighted by molar-refractivity contribution is 0.0655. The smallest absolute Gasteiger partial charge is 0.154 e. The average Bonchev–Trinajstić information content (AvgIpc) is 2.38. The molecule has 0 aromatic heterocycles. The van der Waals surface area contributed by atoms with Crippen LogP contribution in [0.15, 0.2) is 0 Å². The van der Waals surface area contributed by atoms with Gasteiger partial charge in [-0.2, -0.15) is 0 Å². The highest BCUT2D eigenvalue weighted by atomic mass is 32.2. The number of hydrogen-bond donors (Lipinski definition) is 1. The van der Waals surface area contributed by atoms with E-state index in [0.29, 0.717) is 6.54 Å². The molecule has 100 valence electrons. The van der Waals surface area contributed by atoms with Crippen LogP contribution in [0.2, 0.25) is 0 Å². The van der Waals surface area contributed by atoms with Crippen LogP contribution in [-0.4, -0.2) is 74.6 Å². The van der Waals surface area contributed by atoms with Crippen molar-refractivity contribution in [3.05, 3.63) is 0 Å². The van der Waals surface area contributed by atoms with E-state index in [1.54, 1.807) is 6.92 Å².